The van der Waals surface area contributed by atoms with Crippen molar-refractivity contribution in [3.05, 3.63) is 70.8 Å². The Hall–Kier alpha value is -2.96. The first-order valence-electron chi connectivity index (χ1n) is 10.6. The summed E-state index contributed by atoms with van der Waals surface area (Å²) < 4.78 is 21.6. The Morgan fingerprint density at radius 3 is 1.72 bits per heavy atom. The van der Waals surface area contributed by atoms with Crippen LogP contribution in [0.4, 0.5) is 0 Å². The molecule has 32 heavy (non-hydrogen) atoms. The second kappa shape index (κ2) is 13.5. The van der Waals surface area contributed by atoms with Gasteiger partial charge < -0.3 is 29.2 Å². The number of benzene rings is 2. The van der Waals surface area contributed by atoms with Crippen molar-refractivity contribution in [2.75, 3.05) is 41.7 Å². The Morgan fingerprint density at radius 2 is 1.25 bits per heavy atom. The zero-order chi connectivity index (χ0) is 23.3. The van der Waals surface area contributed by atoms with Gasteiger partial charge in [-0.25, -0.2) is 0 Å². The molecule has 0 saturated carbocycles. The standard InChI is InChI=1S/C26H34O6/c1-29-23-10-8-19(17-25(23)31-3)15-21(7-5-6-13-27)22(12-14-28)16-20-9-11-24(30-2)26(18-20)32-4/h5,7-11,17-18,27-28H,6,12-16H2,1-4H3/b7-5+,22-21+. The van der Waals surface area contributed by atoms with Crippen LogP contribution in [0, 0.1) is 0 Å². The van der Waals surface area contributed by atoms with Crippen molar-refractivity contribution in [2.24, 2.45) is 0 Å². The van der Waals surface area contributed by atoms with Crippen molar-refractivity contribution in [1.82, 2.24) is 0 Å². The van der Waals surface area contributed by atoms with Gasteiger partial charge in [0.25, 0.3) is 0 Å². The molecule has 2 aromatic rings. The summed E-state index contributed by atoms with van der Waals surface area (Å²) in [5, 5.41) is 19.0. The number of allylic oxidation sites excluding steroid dienone is 2. The van der Waals surface area contributed by atoms with Crippen molar-refractivity contribution in [1.29, 1.82) is 0 Å². The van der Waals surface area contributed by atoms with Gasteiger partial charge in [0.1, 0.15) is 0 Å². The summed E-state index contributed by atoms with van der Waals surface area (Å²) in [6, 6.07) is 11.7. The lowest BCUT2D eigenvalue weighted by molar-refractivity contribution is 0.298. The molecule has 6 heteroatoms. The summed E-state index contributed by atoms with van der Waals surface area (Å²) in [5.74, 6) is 2.70. The minimum absolute atomic E-state index is 0.0475. The first-order chi connectivity index (χ1) is 15.6. The SMILES string of the molecule is COc1ccc(CC(/C=C/CCO)=C(\CCO)Cc2ccc(OC)c(OC)c2)cc1OC. The summed E-state index contributed by atoms with van der Waals surface area (Å²) in [5.41, 5.74) is 4.33. The van der Waals surface area contributed by atoms with Gasteiger partial charge in [0, 0.05) is 13.2 Å². The van der Waals surface area contributed by atoms with Gasteiger partial charge in [0.2, 0.25) is 0 Å². The van der Waals surface area contributed by atoms with Crippen LogP contribution in [0.1, 0.15) is 24.0 Å². The first-order valence-corrected chi connectivity index (χ1v) is 10.6. The molecule has 0 atom stereocenters. The molecule has 6 nitrogen and oxygen atoms in total. The number of methoxy groups -OCH3 is 4. The molecular formula is C26H34O6. The summed E-state index contributed by atoms with van der Waals surface area (Å²) in [6.45, 7) is 0.136. The van der Waals surface area contributed by atoms with Crippen LogP contribution in [-0.4, -0.2) is 51.9 Å². The molecule has 0 amide bonds. The van der Waals surface area contributed by atoms with E-state index >= 15 is 0 Å². The van der Waals surface area contributed by atoms with Gasteiger partial charge in [-0.2, -0.15) is 0 Å². The Labute approximate surface area is 190 Å². The third-order valence-corrected chi connectivity index (χ3v) is 5.19. The highest BCUT2D eigenvalue weighted by Crippen LogP contribution is 2.31. The van der Waals surface area contributed by atoms with Crippen LogP contribution in [-0.2, 0) is 12.8 Å². The average Bonchev–Trinajstić information content (AvgIpc) is 2.83. The van der Waals surface area contributed by atoms with E-state index in [4.69, 9.17) is 18.9 Å². The molecule has 2 rings (SSSR count). The number of hydrogen-bond acceptors (Lipinski definition) is 6. The molecule has 0 spiro atoms. The van der Waals surface area contributed by atoms with Crippen molar-refractivity contribution in [2.45, 2.75) is 25.7 Å². The maximum absolute atomic E-state index is 9.76. The van der Waals surface area contributed by atoms with Crippen LogP contribution in [0.25, 0.3) is 0 Å². The third kappa shape index (κ3) is 7.04. The minimum atomic E-state index is 0.0475. The molecule has 2 N–H and O–H groups in total. The van der Waals surface area contributed by atoms with Crippen LogP contribution in [0.15, 0.2) is 59.7 Å². The molecule has 0 aliphatic heterocycles. The minimum Gasteiger partial charge on any atom is -0.493 e. The molecule has 0 saturated heterocycles. The van der Waals surface area contributed by atoms with Crippen LogP contribution in [0.3, 0.4) is 0 Å². The van der Waals surface area contributed by atoms with Crippen molar-refractivity contribution < 1.29 is 29.2 Å². The Morgan fingerprint density at radius 1 is 0.719 bits per heavy atom. The van der Waals surface area contributed by atoms with Crippen LogP contribution >= 0.6 is 0 Å². The molecule has 0 unspecified atom stereocenters. The van der Waals surface area contributed by atoms with Crippen LogP contribution in [0.2, 0.25) is 0 Å². The summed E-state index contributed by atoms with van der Waals surface area (Å²) in [6.07, 6.45) is 6.43. The van der Waals surface area contributed by atoms with Crippen LogP contribution < -0.4 is 18.9 Å². The lowest BCUT2D eigenvalue weighted by Crippen LogP contribution is -2.03. The van der Waals surface area contributed by atoms with E-state index < -0.39 is 0 Å². The van der Waals surface area contributed by atoms with E-state index in [-0.39, 0.29) is 13.2 Å². The fraction of sp³-hybridized carbons (Fsp3) is 0.385. The topological polar surface area (TPSA) is 77.4 Å². The maximum atomic E-state index is 9.76. The average molecular weight is 443 g/mol. The third-order valence-electron chi connectivity index (χ3n) is 5.19. The predicted octanol–water partition coefficient (Wildman–Crippen LogP) is 4.12. The lowest BCUT2D eigenvalue weighted by atomic mass is 9.92. The van der Waals surface area contributed by atoms with E-state index in [0.717, 1.165) is 22.3 Å². The lowest BCUT2D eigenvalue weighted by Gasteiger charge is -2.16. The summed E-state index contributed by atoms with van der Waals surface area (Å²) in [4.78, 5) is 0. The first kappa shape index (κ1) is 25.3. The molecule has 0 heterocycles. The highest BCUT2D eigenvalue weighted by atomic mass is 16.5. The number of aliphatic hydroxyl groups excluding tert-OH is 2. The van der Waals surface area contributed by atoms with E-state index in [9.17, 15) is 10.2 Å². The Balaban J connectivity index is 2.45. The molecular weight excluding hydrogens is 408 g/mol. The zero-order valence-corrected chi connectivity index (χ0v) is 19.4. The monoisotopic (exact) mass is 442 g/mol. The van der Waals surface area contributed by atoms with E-state index in [1.54, 1.807) is 28.4 Å². The number of hydrogen-bond donors (Lipinski definition) is 2. The second-order valence-corrected chi connectivity index (χ2v) is 7.25. The zero-order valence-electron chi connectivity index (χ0n) is 19.4. The van der Waals surface area contributed by atoms with Gasteiger partial charge in [-0.05, 0) is 66.6 Å². The van der Waals surface area contributed by atoms with Gasteiger partial charge in [0.15, 0.2) is 23.0 Å². The summed E-state index contributed by atoms with van der Waals surface area (Å²) >= 11 is 0. The highest BCUT2D eigenvalue weighted by Gasteiger charge is 2.12. The normalized spacial score (nSPS) is 11.9. The largest absolute Gasteiger partial charge is 0.493 e. The molecule has 0 aromatic heterocycles. The van der Waals surface area contributed by atoms with Crippen molar-refractivity contribution in [3.63, 3.8) is 0 Å². The smallest absolute Gasteiger partial charge is 0.160 e. The molecule has 174 valence electrons. The molecule has 0 fully saturated rings. The van der Waals surface area contributed by atoms with E-state index in [2.05, 4.69) is 0 Å². The number of ether oxygens (including phenoxy) is 4. The van der Waals surface area contributed by atoms with Gasteiger partial charge in [-0.15, -0.1) is 0 Å². The molecule has 0 radical (unpaired) electrons. The van der Waals surface area contributed by atoms with Gasteiger partial charge in [-0.3, -0.25) is 0 Å². The number of aliphatic hydroxyl groups is 2. The molecule has 2 aromatic carbocycles. The molecule has 0 aliphatic rings. The fourth-order valence-electron chi connectivity index (χ4n) is 3.55. The van der Waals surface area contributed by atoms with Gasteiger partial charge in [-0.1, -0.05) is 29.9 Å². The van der Waals surface area contributed by atoms with E-state index in [1.807, 2.05) is 48.6 Å². The van der Waals surface area contributed by atoms with Crippen molar-refractivity contribution >= 4 is 0 Å². The second-order valence-electron chi connectivity index (χ2n) is 7.25. The Bertz CT molecular complexity index is 917. The van der Waals surface area contributed by atoms with Gasteiger partial charge in [0.05, 0.1) is 28.4 Å². The summed E-state index contributed by atoms with van der Waals surface area (Å²) in [7, 11) is 6.46. The Kier molecular flexibility index (Phi) is 10.6. The number of rotatable bonds is 13. The molecule has 0 aliphatic carbocycles. The van der Waals surface area contributed by atoms with Crippen molar-refractivity contribution in [3.8, 4) is 23.0 Å². The quantitative estimate of drug-likeness (QED) is 0.455. The fourth-order valence-corrected chi connectivity index (χ4v) is 3.55. The van der Waals surface area contributed by atoms with E-state index in [0.29, 0.717) is 48.7 Å². The predicted molar refractivity (Wildman–Crippen MR) is 126 cm³/mol. The highest BCUT2D eigenvalue weighted by molar-refractivity contribution is 5.47. The molecule has 0 bridgehead atoms. The maximum Gasteiger partial charge on any atom is 0.160 e. The van der Waals surface area contributed by atoms with Gasteiger partial charge >= 0.3 is 0 Å². The van der Waals surface area contributed by atoms with Crippen LogP contribution in [0.5, 0.6) is 23.0 Å². The van der Waals surface area contributed by atoms with E-state index in [1.165, 1.54) is 0 Å².